The van der Waals surface area contributed by atoms with Gasteiger partial charge in [0, 0.05) is 6.54 Å². The molecule has 3 heteroatoms. The molecule has 1 aromatic rings. The van der Waals surface area contributed by atoms with Crippen molar-refractivity contribution in [2.75, 3.05) is 0 Å². The molecule has 0 aromatic carbocycles. The lowest BCUT2D eigenvalue weighted by Crippen LogP contribution is -1.99. The molecule has 0 atom stereocenters. The topological polar surface area (TPSA) is 30.7 Å². The molecule has 0 aliphatic rings. The van der Waals surface area contributed by atoms with Gasteiger partial charge in [-0.25, -0.2) is 9.67 Å². The highest BCUT2D eigenvalue weighted by molar-refractivity contribution is 5.43. The van der Waals surface area contributed by atoms with Crippen molar-refractivity contribution in [1.29, 1.82) is 0 Å². The summed E-state index contributed by atoms with van der Waals surface area (Å²) in [5.74, 6) is 0.955. The Morgan fingerprint density at radius 2 is 2.33 bits per heavy atom. The maximum Gasteiger partial charge on any atom is 0.150 e. The van der Waals surface area contributed by atoms with Gasteiger partial charge in [-0.1, -0.05) is 12.5 Å². The highest BCUT2D eigenvalue weighted by atomic mass is 15.3. The molecule has 1 aromatic heterocycles. The Morgan fingerprint density at radius 1 is 1.58 bits per heavy atom. The van der Waals surface area contributed by atoms with Gasteiger partial charge in [0.1, 0.15) is 6.33 Å². The summed E-state index contributed by atoms with van der Waals surface area (Å²) in [4.78, 5) is 4.15. The van der Waals surface area contributed by atoms with Gasteiger partial charge < -0.3 is 0 Å². The van der Waals surface area contributed by atoms with E-state index < -0.39 is 0 Å². The monoisotopic (exact) mass is 165 g/mol. The summed E-state index contributed by atoms with van der Waals surface area (Å²) in [6.07, 6.45) is 4.74. The fourth-order valence-corrected chi connectivity index (χ4v) is 0.951. The number of aromatic nitrogens is 3. The molecule has 0 spiro atoms. The molecule has 3 nitrogen and oxygen atoms in total. The summed E-state index contributed by atoms with van der Waals surface area (Å²) in [5.41, 5.74) is 1.33. The first-order valence-corrected chi connectivity index (χ1v) is 4.32. The van der Waals surface area contributed by atoms with Crippen molar-refractivity contribution in [3.63, 3.8) is 0 Å². The van der Waals surface area contributed by atoms with E-state index in [2.05, 4.69) is 36.9 Å². The number of rotatable bonds is 3. The highest BCUT2D eigenvalue weighted by Crippen LogP contribution is 2.05. The number of nitrogens with zero attached hydrogens (tertiary/aromatic N) is 3. The first kappa shape index (κ1) is 8.97. The van der Waals surface area contributed by atoms with E-state index in [1.807, 2.05) is 4.68 Å². The summed E-state index contributed by atoms with van der Waals surface area (Å²) in [6.45, 7) is 7.18. The average Bonchev–Trinajstić information content (AvgIpc) is 2.51. The van der Waals surface area contributed by atoms with Gasteiger partial charge in [0.15, 0.2) is 5.82 Å². The zero-order chi connectivity index (χ0) is 8.97. The maximum atomic E-state index is 4.15. The van der Waals surface area contributed by atoms with Crippen LogP contribution in [0.4, 0.5) is 0 Å². The molecule has 1 heterocycles. The molecule has 0 aliphatic heterocycles. The first-order valence-electron chi connectivity index (χ1n) is 4.32. The predicted molar refractivity (Wildman–Crippen MR) is 49.6 cm³/mol. The van der Waals surface area contributed by atoms with Gasteiger partial charge in [-0.3, -0.25) is 0 Å². The van der Waals surface area contributed by atoms with Crippen LogP contribution < -0.4 is 0 Å². The van der Waals surface area contributed by atoms with Crippen LogP contribution in [-0.2, 0) is 6.54 Å². The lowest BCUT2D eigenvalue weighted by molar-refractivity contribution is 0.651. The smallest absolute Gasteiger partial charge is 0.150 e. The number of aryl methyl sites for hydroxylation is 1. The molecular formula is C9H15N3. The average molecular weight is 165 g/mol. The van der Waals surface area contributed by atoms with E-state index in [1.165, 1.54) is 5.57 Å². The second-order valence-corrected chi connectivity index (χ2v) is 2.78. The third-order valence-corrected chi connectivity index (χ3v) is 1.88. The third-order valence-electron chi connectivity index (χ3n) is 1.88. The van der Waals surface area contributed by atoms with Crippen molar-refractivity contribution in [3.05, 3.63) is 17.7 Å². The molecule has 66 valence electrons. The Hall–Kier alpha value is -1.12. The second kappa shape index (κ2) is 4.04. The Kier molecular flexibility index (Phi) is 3.02. The Bertz CT molecular complexity index is 273. The molecule has 0 N–H and O–H groups in total. The Morgan fingerprint density at radius 3 is 2.92 bits per heavy atom. The maximum absolute atomic E-state index is 4.15. The molecular weight excluding hydrogens is 150 g/mol. The van der Waals surface area contributed by atoms with Crippen LogP contribution in [0.25, 0.3) is 6.08 Å². The Balaban J connectivity index is 2.87. The molecule has 0 saturated heterocycles. The zero-order valence-electron chi connectivity index (χ0n) is 7.91. The summed E-state index contributed by atoms with van der Waals surface area (Å²) in [5, 5.41) is 4.08. The fraction of sp³-hybridized carbons (Fsp3) is 0.556. The van der Waals surface area contributed by atoms with Gasteiger partial charge in [-0.05, 0) is 26.3 Å². The van der Waals surface area contributed by atoms with Crippen LogP contribution in [0.15, 0.2) is 11.9 Å². The predicted octanol–water partition coefficient (Wildman–Crippen LogP) is 2.11. The van der Waals surface area contributed by atoms with Crippen LogP contribution in [0.3, 0.4) is 0 Å². The van der Waals surface area contributed by atoms with Crippen molar-refractivity contribution in [2.45, 2.75) is 33.7 Å². The van der Waals surface area contributed by atoms with Gasteiger partial charge in [-0.15, -0.1) is 0 Å². The number of allylic oxidation sites excluding steroid dienone is 1. The lowest BCUT2D eigenvalue weighted by Gasteiger charge is -1.98. The molecule has 0 fully saturated rings. The van der Waals surface area contributed by atoms with Gasteiger partial charge in [0.2, 0.25) is 0 Å². The summed E-state index contributed by atoms with van der Waals surface area (Å²) >= 11 is 0. The van der Waals surface area contributed by atoms with Crippen molar-refractivity contribution in [2.24, 2.45) is 0 Å². The van der Waals surface area contributed by atoms with E-state index in [0.717, 1.165) is 18.8 Å². The number of hydrogen-bond donors (Lipinski definition) is 0. The van der Waals surface area contributed by atoms with Crippen molar-refractivity contribution in [1.82, 2.24) is 14.8 Å². The molecule has 0 saturated carbocycles. The molecule has 0 amide bonds. The van der Waals surface area contributed by atoms with Crippen LogP contribution >= 0.6 is 0 Å². The van der Waals surface area contributed by atoms with Crippen LogP contribution in [0, 0.1) is 0 Å². The van der Waals surface area contributed by atoms with Crippen LogP contribution in [0.1, 0.15) is 33.0 Å². The zero-order valence-corrected chi connectivity index (χ0v) is 7.91. The van der Waals surface area contributed by atoms with Crippen molar-refractivity contribution >= 4 is 6.08 Å². The van der Waals surface area contributed by atoms with Crippen molar-refractivity contribution in [3.8, 4) is 0 Å². The Labute approximate surface area is 73.1 Å². The highest BCUT2D eigenvalue weighted by Gasteiger charge is 1.97. The minimum Gasteiger partial charge on any atom is -0.247 e. The lowest BCUT2D eigenvalue weighted by atomic mass is 10.2. The molecule has 0 bridgehead atoms. The van der Waals surface area contributed by atoms with E-state index in [1.54, 1.807) is 6.33 Å². The van der Waals surface area contributed by atoms with E-state index in [9.17, 15) is 0 Å². The van der Waals surface area contributed by atoms with Crippen LogP contribution in [-0.4, -0.2) is 14.8 Å². The first-order chi connectivity index (χ1) is 5.77. The largest absolute Gasteiger partial charge is 0.247 e. The quantitative estimate of drug-likeness (QED) is 0.686. The molecule has 0 radical (unpaired) electrons. The van der Waals surface area contributed by atoms with E-state index in [0.29, 0.717) is 0 Å². The van der Waals surface area contributed by atoms with Gasteiger partial charge in [0.25, 0.3) is 0 Å². The standard InChI is InChI=1S/C9H15N3/c1-4-8(3)6-9-10-7-11-12(9)5-2/h6-7H,4-5H2,1-3H3/b8-6-. The normalized spacial score (nSPS) is 12.1. The van der Waals surface area contributed by atoms with E-state index >= 15 is 0 Å². The van der Waals surface area contributed by atoms with E-state index in [-0.39, 0.29) is 0 Å². The molecule has 0 aliphatic carbocycles. The van der Waals surface area contributed by atoms with Gasteiger partial charge >= 0.3 is 0 Å². The van der Waals surface area contributed by atoms with Crippen molar-refractivity contribution < 1.29 is 0 Å². The molecule has 1 rings (SSSR count). The summed E-state index contributed by atoms with van der Waals surface area (Å²) in [7, 11) is 0. The van der Waals surface area contributed by atoms with Crippen LogP contribution in [0.5, 0.6) is 0 Å². The van der Waals surface area contributed by atoms with E-state index in [4.69, 9.17) is 0 Å². The van der Waals surface area contributed by atoms with Crippen LogP contribution in [0.2, 0.25) is 0 Å². The molecule has 0 unspecified atom stereocenters. The SMILES string of the molecule is CC/C(C)=C\c1ncnn1CC. The fourth-order valence-electron chi connectivity index (χ4n) is 0.951. The summed E-state index contributed by atoms with van der Waals surface area (Å²) in [6, 6.07) is 0. The third kappa shape index (κ3) is 1.94. The minimum absolute atomic E-state index is 0.878. The number of hydrogen-bond acceptors (Lipinski definition) is 2. The minimum atomic E-state index is 0.878. The second-order valence-electron chi connectivity index (χ2n) is 2.78. The summed E-state index contributed by atoms with van der Waals surface area (Å²) < 4.78 is 1.89. The van der Waals surface area contributed by atoms with Gasteiger partial charge in [0.05, 0.1) is 0 Å². The van der Waals surface area contributed by atoms with Gasteiger partial charge in [-0.2, -0.15) is 5.10 Å². The molecule has 12 heavy (non-hydrogen) atoms.